The minimum absolute atomic E-state index is 0.227. The average molecular weight is 378 g/mol. The Morgan fingerprint density at radius 1 is 0.929 bits per heavy atom. The Kier molecular flexibility index (Phi) is 5.07. The quantitative estimate of drug-likeness (QED) is 0.410. The number of fused-ring (bicyclic) bond motifs is 1. The van der Waals surface area contributed by atoms with Crippen LogP contribution in [0, 0.1) is 20.2 Å². The first-order valence-electron chi connectivity index (χ1n) is 8.13. The maximum Gasteiger partial charge on any atom is 0.277 e. The van der Waals surface area contributed by atoms with E-state index in [1.807, 2.05) is 42.5 Å². The maximum atomic E-state index is 12.3. The van der Waals surface area contributed by atoms with Gasteiger partial charge >= 0.3 is 0 Å². The first kappa shape index (κ1) is 18.6. The molecule has 9 heteroatoms. The molecular formula is C19H14N4O5. The van der Waals surface area contributed by atoms with Gasteiger partial charge in [-0.3, -0.25) is 25.0 Å². The third-order valence-corrected chi connectivity index (χ3v) is 4.09. The molecule has 1 amide bonds. The molecule has 0 heterocycles. The van der Waals surface area contributed by atoms with Crippen LogP contribution in [0.3, 0.4) is 0 Å². The molecule has 0 saturated carbocycles. The van der Waals surface area contributed by atoms with Gasteiger partial charge in [-0.05, 0) is 17.7 Å². The third kappa shape index (κ3) is 3.83. The van der Waals surface area contributed by atoms with Crippen molar-refractivity contribution in [3.05, 3.63) is 92.0 Å². The molecule has 3 aromatic rings. The fraction of sp³-hybridized carbons (Fsp3) is 0.0526. The first-order chi connectivity index (χ1) is 13.4. The molecule has 0 aromatic heterocycles. The molecule has 140 valence electrons. The molecule has 3 aromatic carbocycles. The molecule has 9 nitrogen and oxygen atoms in total. The number of hydrogen-bond donors (Lipinski definition) is 1. The van der Waals surface area contributed by atoms with Gasteiger partial charge in [-0.2, -0.15) is 5.10 Å². The number of amides is 1. The van der Waals surface area contributed by atoms with Crippen LogP contribution in [0.15, 0.2) is 65.8 Å². The van der Waals surface area contributed by atoms with E-state index in [1.165, 1.54) is 0 Å². The van der Waals surface area contributed by atoms with Crippen LogP contribution in [0.4, 0.5) is 11.4 Å². The molecule has 0 atom stereocenters. The fourth-order valence-corrected chi connectivity index (χ4v) is 2.74. The van der Waals surface area contributed by atoms with E-state index in [2.05, 4.69) is 10.5 Å². The third-order valence-electron chi connectivity index (χ3n) is 4.09. The monoisotopic (exact) mass is 378 g/mol. The van der Waals surface area contributed by atoms with Crippen molar-refractivity contribution in [2.45, 2.75) is 6.92 Å². The molecule has 0 bridgehead atoms. The summed E-state index contributed by atoms with van der Waals surface area (Å²) in [4.78, 5) is 32.6. The normalized spacial score (nSPS) is 11.2. The number of carbonyl (C=O) groups is 1. The van der Waals surface area contributed by atoms with Crippen LogP contribution in [0.5, 0.6) is 0 Å². The van der Waals surface area contributed by atoms with E-state index in [0.29, 0.717) is 5.71 Å². The Balaban J connectivity index is 1.90. The van der Waals surface area contributed by atoms with Crippen molar-refractivity contribution in [1.82, 2.24) is 5.43 Å². The predicted molar refractivity (Wildman–Crippen MR) is 103 cm³/mol. The second kappa shape index (κ2) is 7.62. The average Bonchev–Trinajstić information content (AvgIpc) is 2.70. The van der Waals surface area contributed by atoms with Crippen molar-refractivity contribution < 1.29 is 14.6 Å². The van der Waals surface area contributed by atoms with E-state index < -0.39 is 27.1 Å². The lowest BCUT2D eigenvalue weighted by molar-refractivity contribution is -0.394. The van der Waals surface area contributed by atoms with Crippen LogP contribution in [0.1, 0.15) is 22.8 Å². The number of hydrogen-bond acceptors (Lipinski definition) is 6. The highest BCUT2D eigenvalue weighted by molar-refractivity contribution is 6.10. The molecule has 0 unspecified atom stereocenters. The Labute approximate surface area is 158 Å². The molecule has 0 saturated heterocycles. The standard InChI is InChI=1S/C19H14N4O5/c1-12(17-8-4-6-13-5-2-3-7-18(13)17)20-21-19(24)14-9-15(22(25)26)11-16(10-14)23(27)28/h2-11H,1H3,(H,21,24)/b20-12-. The van der Waals surface area contributed by atoms with Crippen molar-refractivity contribution in [2.75, 3.05) is 0 Å². The van der Waals surface area contributed by atoms with E-state index in [1.54, 1.807) is 6.92 Å². The highest BCUT2D eigenvalue weighted by atomic mass is 16.6. The van der Waals surface area contributed by atoms with Crippen LogP contribution < -0.4 is 5.43 Å². The van der Waals surface area contributed by atoms with Crippen LogP contribution in [-0.4, -0.2) is 21.5 Å². The summed E-state index contributed by atoms with van der Waals surface area (Å²) in [6.07, 6.45) is 0. The van der Waals surface area contributed by atoms with Crippen molar-refractivity contribution >= 4 is 33.8 Å². The Morgan fingerprint density at radius 2 is 1.54 bits per heavy atom. The molecule has 0 radical (unpaired) electrons. The molecule has 28 heavy (non-hydrogen) atoms. The number of hydrazone groups is 1. The summed E-state index contributed by atoms with van der Waals surface area (Å²) in [6.45, 7) is 1.71. The van der Waals surface area contributed by atoms with E-state index in [-0.39, 0.29) is 5.56 Å². The maximum absolute atomic E-state index is 12.3. The number of nitro groups is 2. The van der Waals surface area contributed by atoms with E-state index in [4.69, 9.17) is 0 Å². The summed E-state index contributed by atoms with van der Waals surface area (Å²) in [7, 11) is 0. The van der Waals surface area contributed by atoms with Gasteiger partial charge in [0.05, 0.1) is 27.2 Å². The minimum atomic E-state index is -0.797. The van der Waals surface area contributed by atoms with E-state index >= 15 is 0 Å². The van der Waals surface area contributed by atoms with Gasteiger partial charge in [0.1, 0.15) is 0 Å². The molecule has 0 aliphatic rings. The molecule has 0 aliphatic carbocycles. The lowest BCUT2D eigenvalue weighted by Gasteiger charge is -2.07. The van der Waals surface area contributed by atoms with Gasteiger partial charge in [0.2, 0.25) is 0 Å². The molecule has 3 rings (SSSR count). The topological polar surface area (TPSA) is 128 Å². The SMILES string of the molecule is C/C(=N/NC(=O)c1cc([N+](=O)[O-])cc([N+](=O)[O-])c1)c1cccc2ccccc12. The highest BCUT2D eigenvalue weighted by Crippen LogP contribution is 2.23. The summed E-state index contributed by atoms with van der Waals surface area (Å²) in [5.41, 5.74) is 2.30. The molecule has 1 N–H and O–H groups in total. The van der Waals surface area contributed by atoms with Crippen LogP contribution >= 0.6 is 0 Å². The molecule has 0 fully saturated rings. The van der Waals surface area contributed by atoms with Gasteiger partial charge < -0.3 is 0 Å². The molecule has 0 spiro atoms. The number of nitrogens with one attached hydrogen (secondary N) is 1. The number of rotatable bonds is 5. The summed E-state index contributed by atoms with van der Waals surface area (Å²) in [5, 5.41) is 27.9. The zero-order chi connectivity index (χ0) is 20.3. The second-order valence-corrected chi connectivity index (χ2v) is 5.92. The van der Waals surface area contributed by atoms with Crippen molar-refractivity contribution in [3.8, 4) is 0 Å². The number of nitro benzene ring substituents is 2. The largest absolute Gasteiger partial charge is 0.277 e. The molecule has 0 aliphatic heterocycles. The summed E-state index contributed by atoms with van der Waals surface area (Å²) in [5.74, 6) is -0.786. The van der Waals surface area contributed by atoms with Gasteiger partial charge in [-0.25, -0.2) is 5.43 Å². The van der Waals surface area contributed by atoms with Crippen molar-refractivity contribution in [1.29, 1.82) is 0 Å². The minimum Gasteiger partial charge on any atom is -0.267 e. The molecular weight excluding hydrogens is 364 g/mol. The van der Waals surface area contributed by atoms with Gasteiger partial charge in [0.25, 0.3) is 17.3 Å². The Hall–Kier alpha value is -4.14. The Morgan fingerprint density at radius 3 is 2.18 bits per heavy atom. The van der Waals surface area contributed by atoms with Gasteiger partial charge in [0.15, 0.2) is 0 Å². The zero-order valence-corrected chi connectivity index (χ0v) is 14.7. The number of nitrogens with zero attached hydrogens (tertiary/aromatic N) is 3. The van der Waals surface area contributed by atoms with Gasteiger partial charge in [-0.15, -0.1) is 0 Å². The number of carbonyl (C=O) groups excluding carboxylic acids is 1. The van der Waals surface area contributed by atoms with Crippen LogP contribution in [0.25, 0.3) is 10.8 Å². The lowest BCUT2D eigenvalue weighted by Crippen LogP contribution is -2.19. The highest BCUT2D eigenvalue weighted by Gasteiger charge is 2.19. The van der Waals surface area contributed by atoms with Crippen molar-refractivity contribution in [3.63, 3.8) is 0 Å². The lowest BCUT2D eigenvalue weighted by atomic mass is 10.0. The summed E-state index contributed by atoms with van der Waals surface area (Å²) >= 11 is 0. The summed E-state index contributed by atoms with van der Waals surface area (Å²) in [6, 6.07) is 16.1. The summed E-state index contributed by atoms with van der Waals surface area (Å²) < 4.78 is 0. The first-order valence-corrected chi connectivity index (χ1v) is 8.13. The predicted octanol–water partition coefficient (Wildman–Crippen LogP) is 3.81. The van der Waals surface area contributed by atoms with Crippen molar-refractivity contribution in [2.24, 2.45) is 5.10 Å². The zero-order valence-electron chi connectivity index (χ0n) is 14.7. The van der Waals surface area contributed by atoms with E-state index in [9.17, 15) is 25.0 Å². The van der Waals surface area contributed by atoms with Gasteiger partial charge in [0, 0.05) is 17.7 Å². The van der Waals surface area contributed by atoms with Gasteiger partial charge in [-0.1, -0.05) is 42.5 Å². The van der Waals surface area contributed by atoms with Crippen LogP contribution in [0.2, 0.25) is 0 Å². The number of non-ortho nitro benzene ring substituents is 2. The Bertz CT molecular complexity index is 1100. The second-order valence-electron chi connectivity index (χ2n) is 5.92. The number of benzene rings is 3. The smallest absolute Gasteiger partial charge is 0.267 e. The fourth-order valence-electron chi connectivity index (χ4n) is 2.74. The van der Waals surface area contributed by atoms with E-state index in [0.717, 1.165) is 34.5 Å². The van der Waals surface area contributed by atoms with Crippen LogP contribution in [-0.2, 0) is 0 Å².